The first-order valence-corrected chi connectivity index (χ1v) is 9.56. The molecule has 0 aliphatic carbocycles. The number of allylic oxidation sites excluding steroid dienone is 1. The highest BCUT2D eigenvalue weighted by Crippen LogP contribution is 2.35. The Hall–Kier alpha value is -3.55. The number of hydrogen-bond donors (Lipinski definition) is 2. The van der Waals surface area contributed by atoms with Gasteiger partial charge in [-0.3, -0.25) is 14.6 Å². The fraction of sp³-hybridized carbons (Fsp3) is 0.318. The summed E-state index contributed by atoms with van der Waals surface area (Å²) < 4.78 is 0. The van der Waals surface area contributed by atoms with Gasteiger partial charge in [-0.05, 0) is 17.5 Å². The first-order chi connectivity index (χ1) is 14.3. The molecule has 1 unspecified atom stereocenters. The van der Waals surface area contributed by atoms with E-state index < -0.39 is 35.7 Å². The lowest BCUT2D eigenvalue weighted by Gasteiger charge is -2.30. The molecular weight excluding hydrogens is 386 g/mol. The first-order valence-electron chi connectivity index (χ1n) is 9.56. The molecule has 1 amide bonds. The van der Waals surface area contributed by atoms with Crippen molar-refractivity contribution in [2.24, 2.45) is 11.1 Å². The van der Waals surface area contributed by atoms with Gasteiger partial charge in [0.1, 0.15) is 11.8 Å². The van der Waals surface area contributed by atoms with Gasteiger partial charge in [0, 0.05) is 30.3 Å². The fourth-order valence-corrected chi connectivity index (χ4v) is 3.38. The van der Waals surface area contributed by atoms with Crippen LogP contribution in [0.2, 0.25) is 0 Å². The van der Waals surface area contributed by atoms with Gasteiger partial charge in [0.15, 0.2) is 5.78 Å². The van der Waals surface area contributed by atoms with E-state index in [1.165, 1.54) is 0 Å². The van der Waals surface area contributed by atoms with E-state index in [2.05, 4.69) is 22.0 Å². The number of aromatic nitrogens is 1. The zero-order chi connectivity index (χ0) is 21.9. The predicted molar refractivity (Wildman–Crippen MR) is 111 cm³/mol. The van der Waals surface area contributed by atoms with E-state index in [9.17, 15) is 19.5 Å². The zero-order valence-electron chi connectivity index (χ0n) is 16.8. The summed E-state index contributed by atoms with van der Waals surface area (Å²) in [6, 6.07) is 8.17. The second-order valence-corrected chi connectivity index (χ2v) is 7.47. The molecule has 3 rings (SSSR count). The maximum absolute atomic E-state index is 13.1. The van der Waals surface area contributed by atoms with Crippen LogP contribution in [-0.4, -0.2) is 45.1 Å². The third-order valence-corrected chi connectivity index (χ3v) is 5.25. The molecule has 2 atom stereocenters. The van der Waals surface area contributed by atoms with Crippen LogP contribution in [0.5, 0.6) is 0 Å². The molecule has 30 heavy (non-hydrogen) atoms. The first kappa shape index (κ1) is 21.2. The van der Waals surface area contributed by atoms with Gasteiger partial charge < -0.3 is 15.3 Å². The third-order valence-electron chi connectivity index (χ3n) is 5.25. The average Bonchev–Trinajstić information content (AvgIpc) is 3.19. The number of nitrogens with one attached hydrogen (secondary N) is 1. The van der Waals surface area contributed by atoms with Gasteiger partial charge in [-0.2, -0.15) is 0 Å². The lowest BCUT2D eigenvalue weighted by Crippen LogP contribution is -2.55. The number of oxime groups is 1. The van der Waals surface area contributed by atoms with Gasteiger partial charge in [0.25, 0.3) is 5.91 Å². The molecule has 0 saturated carbocycles. The van der Waals surface area contributed by atoms with Crippen molar-refractivity contribution in [3.63, 3.8) is 0 Å². The Bertz CT molecular complexity index is 1040. The third kappa shape index (κ3) is 3.94. The Kier molecular flexibility index (Phi) is 5.96. The molecular formula is C22H23N3O5. The molecule has 1 aromatic heterocycles. The molecule has 1 aliphatic rings. The Morgan fingerprint density at radius 3 is 2.70 bits per heavy atom. The van der Waals surface area contributed by atoms with Crippen LogP contribution in [-0.2, 0) is 19.2 Å². The molecule has 0 radical (unpaired) electrons. The van der Waals surface area contributed by atoms with E-state index in [4.69, 9.17) is 4.84 Å². The molecule has 0 fully saturated rings. The number of nitrogens with zero attached hydrogens (tertiary/aromatic N) is 2. The summed E-state index contributed by atoms with van der Waals surface area (Å²) in [5.41, 5.74) is -0.288. The summed E-state index contributed by atoms with van der Waals surface area (Å²) in [7, 11) is 0. The summed E-state index contributed by atoms with van der Waals surface area (Å²) in [5, 5.41) is 17.8. The van der Waals surface area contributed by atoms with Gasteiger partial charge in [-0.25, -0.2) is 4.79 Å². The van der Waals surface area contributed by atoms with E-state index in [1.807, 2.05) is 30.3 Å². The largest absolute Gasteiger partial charge is 0.480 e. The van der Waals surface area contributed by atoms with Crippen molar-refractivity contribution in [1.82, 2.24) is 10.3 Å². The number of carbonyl (C=O) groups is 3. The van der Waals surface area contributed by atoms with Crippen molar-refractivity contribution in [1.29, 1.82) is 0 Å². The van der Waals surface area contributed by atoms with Crippen LogP contribution in [0.25, 0.3) is 10.8 Å². The van der Waals surface area contributed by atoms with Gasteiger partial charge in [0.2, 0.25) is 5.60 Å². The quantitative estimate of drug-likeness (QED) is 0.647. The van der Waals surface area contributed by atoms with Crippen LogP contribution in [0.3, 0.4) is 0 Å². The minimum absolute atomic E-state index is 0.124. The second-order valence-electron chi connectivity index (χ2n) is 7.47. The minimum atomic E-state index is -1.40. The van der Waals surface area contributed by atoms with Crippen LogP contribution in [0.15, 0.2) is 54.3 Å². The van der Waals surface area contributed by atoms with Crippen LogP contribution in [0.1, 0.15) is 32.4 Å². The zero-order valence-corrected chi connectivity index (χ0v) is 16.8. The molecule has 0 saturated heterocycles. The van der Waals surface area contributed by atoms with Crippen LogP contribution < -0.4 is 5.32 Å². The van der Waals surface area contributed by atoms with Gasteiger partial charge in [-0.1, -0.05) is 49.8 Å². The van der Waals surface area contributed by atoms with E-state index >= 15 is 0 Å². The topological polar surface area (TPSA) is 118 Å². The molecule has 0 bridgehead atoms. The predicted octanol–water partition coefficient (Wildman–Crippen LogP) is 2.47. The molecule has 156 valence electrons. The lowest BCUT2D eigenvalue weighted by atomic mass is 9.83. The number of amides is 1. The monoisotopic (exact) mass is 409 g/mol. The summed E-state index contributed by atoms with van der Waals surface area (Å²) in [6.45, 7) is 6.92. The van der Waals surface area contributed by atoms with Crippen molar-refractivity contribution < 1.29 is 24.3 Å². The molecule has 1 aromatic carbocycles. The number of rotatable bonds is 8. The number of benzene rings is 1. The molecule has 8 heteroatoms. The van der Waals surface area contributed by atoms with Gasteiger partial charge in [0.05, 0.1) is 5.69 Å². The fourth-order valence-electron chi connectivity index (χ4n) is 3.38. The molecule has 2 aromatic rings. The van der Waals surface area contributed by atoms with E-state index in [-0.39, 0.29) is 12.3 Å². The second kappa shape index (κ2) is 8.44. The van der Waals surface area contributed by atoms with E-state index in [0.717, 1.165) is 16.8 Å². The molecule has 2 N–H and O–H groups in total. The number of carboxylic acids is 1. The van der Waals surface area contributed by atoms with Crippen molar-refractivity contribution in [2.75, 3.05) is 0 Å². The van der Waals surface area contributed by atoms with Crippen LogP contribution in [0, 0.1) is 5.92 Å². The molecule has 1 aliphatic heterocycles. The summed E-state index contributed by atoms with van der Waals surface area (Å²) >= 11 is 0. The Morgan fingerprint density at radius 1 is 1.30 bits per heavy atom. The van der Waals surface area contributed by atoms with Gasteiger partial charge >= 0.3 is 5.97 Å². The van der Waals surface area contributed by atoms with Crippen molar-refractivity contribution >= 4 is 34.1 Å². The highest BCUT2D eigenvalue weighted by Gasteiger charge is 2.50. The summed E-state index contributed by atoms with van der Waals surface area (Å²) in [5.74, 6) is -2.75. The Balaban J connectivity index is 1.87. The molecule has 0 spiro atoms. The highest BCUT2D eigenvalue weighted by atomic mass is 16.7. The molecule has 8 nitrogen and oxygen atoms in total. The molecule has 2 heterocycles. The normalized spacial score (nSPS) is 19.1. The number of pyridine rings is 1. The maximum Gasteiger partial charge on any atom is 0.326 e. The highest BCUT2D eigenvalue weighted by molar-refractivity contribution is 6.12. The number of hydrogen-bond acceptors (Lipinski definition) is 6. The van der Waals surface area contributed by atoms with Crippen LogP contribution in [0.4, 0.5) is 0 Å². The minimum Gasteiger partial charge on any atom is -0.480 e. The van der Waals surface area contributed by atoms with E-state index in [0.29, 0.717) is 11.4 Å². The number of carbonyl (C=O) groups excluding carboxylic acids is 2. The van der Waals surface area contributed by atoms with Gasteiger partial charge in [-0.15, -0.1) is 0 Å². The Morgan fingerprint density at radius 2 is 2.03 bits per heavy atom. The maximum atomic E-state index is 13.1. The smallest absolute Gasteiger partial charge is 0.326 e. The summed E-state index contributed by atoms with van der Waals surface area (Å²) in [4.78, 5) is 46.3. The summed E-state index contributed by atoms with van der Waals surface area (Å²) in [6.07, 6.45) is 2.42. The lowest BCUT2D eigenvalue weighted by molar-refractivity contribution is -0.154. The van der Waals surface area contributed by atoms with E-state index in [1.54, 1.807) is 20.0 Å². The number of carboxylic acid groups (broad SMARTS) is 1. The number of ketones is 1. The SMILES string of the molecule is C=CC(=O)CC(NC(=O)[C@]1(C(C)C)CC(c2nccc3ccccc23)=NO1)C(=O)O. The van der Waals surface area contributed by atoms with Crippen LogP contribution >= 0.6 is 0 Å². The number of fused-ring (bicyclic) bond motifs is 1. The van der Waals surface area contributed by atoms with Crippen molar-refractivity contribution in [3.05, 3.63) is 54.9 Å². The van der Waals surface area contributed by atoms with Crippen molar-refractivity contribution in [2.45, 2.75) is 38.3 Å². The number of aliphatic carboxylic acids is 1. The average molecular weight is 409 g/mol. The standard InChI is InChI=1S/C22H23N3O5/c1-4-15(26)11-17(20(27)28)24-21(29)22(13(2)3)12-18(25-30-22)19-16-8-6-5-7-14(16)9-10-23-19/h4-10,13,17H,1,11-12H2,2-3H3,(H,24,29)(H,27,28)/t17?,22-/m1/s1. The van der Waals surface area contributed by atoms with Crippen molar-refractivity contribution in [3.8, 4) is 0 Å². The Labute approximate surface area is 173 Å².